The van der Waals surface area contributed by atoms with Crippen LogP contribution in [0.25, 0.3) is 5.69 Å². The van der Waals surface area contributed by atoms with Crippen molar-refractivity contribution in [1.82, 2.24) is 19.2 Å². The highest BCUT2D eigenvalue weighted by atomic mass is 35.5. The van der Waals surface area contributed by atoms with Gasteiger partial charge in [-0.25, -0.2) is 4.79 Å². The molecular weight excluding hydrogens is 384 g/mol. The maximum atomic E-state index is 12.9. The van der Waals surface area contributed by atoms with Crippen molar-refractivity contribution in [2.45, 2.75) is 13.1 Å². The standard InChI is InChI=1S/C19H15ClN4O4/c20-13-2-1-3-14(9-13)24-19(26)23-7-6-22(10-17(23)21-24)18(25)12-4-5-15-16(8-12)28-11-27-15/h1-5,8-9H,6-7,10-11H2. The average Bonchev–Trinajstić information content (AvgIpc) is 3.31. The Kier molecular flexibility index (Phi) is 3.87. The summed E-state index contributed by atoms with van der Waals surface area (Å²) in [6.45, 7) is 1.20. The molecule has 1 amide bonds. The Bertz CT molecular complexity index is 1150. The molecule has 0 saturated carbocycles. The van der Waals surface area contributed by atoms with Gasteiger partial charge in [0.25, 0.3) is 5.91 Å². The summed E-state index contributed by atoms with van der Waals surface area (Å²) in [6, 6.07) is 12.1. The van der Waals surface area contributed by atoms with Crippen LogP contribution in [0.15, 0.2) is 47.3 Å². The van der Waals surface area contributed by atoms with Crippen molar-refractivity contribution >= 4 is 17.5 Å². The molecule has 0 fully saturated rings. The first kappa shape index (κ1) is 16.9. The lowest BCUT2D eigenvalue weighted by atomic mass is 10.1. The minimum atomic E-state index is -0.243. The largest absolute Gasteiger partial charge is 0.454 e. The lowest BCUT2D eigenvalue weighted by molar-refractivity contribution is 0.0706. The topological polar surface area (TPSA) is 78.6 Å². The van der Waals surface area contributed by atoms with Crippen molar-refractivity contribution in [3.05, 3.63) is 69.4 Å². The fourth-order valence-electron chi connectivity index (χ4n) is 3.41. The van der Waals surface area contributed by atoms with Gasteiger partial charge < -0.3 is 14.4 Å². The Balaban J connectivity index is 1.43. The number of carbonyl (C=O) groups is 1. The van der Waals surface area contributed by atoms with Crippen molar-refractivity contribution in [2.75, 3.05) is 13.3 Å². The number of carbonyl (C=O) groups excluding carboxylic acids is 1. The van der Waals surface area contributed by atoms with Crippen LogP contribution < -0.4 is 15.2 Å². The quantitative estimate of drug-likeness (QED) is 0.660. The third-order valence-corrected chi connectivity index (χ3v) is 5.06. The number of benzene rings is 2. The second-order valence-corrected chi connectivity index (χ2v) is 6.97. The molecule has 3 aromatic rings. The molecule has 5 rings (SSSR count). The zero-order chi connectivity index (χ0) is 19.3. The van der Waals surface area contributed by atoms with Gasteiger partial charge in [-0.3, -0.25) is 9.36 Å². The van der Waals surface area contributed by atoms with E-state index in [2.05, 4.69) is 5.10 Å². The molecule has 0 saturated heterocycles. The third-order valence-electron chi connectivity index (χ3n) is 4.82. The molecule has 0 spiro atoms. The summed E-state index contributed by atoms with van der Waals surface area (Å²) >= 11 is 6.02. The van der Waals surface area contributed by atoms with Gasteiger partial charge in [0.15, 0.2) is 17.3 Å². The lowest BCUT2D eigenvalue weighted by Crippen LogP contribution is -2.40. The maximum absolute atomic E-state index is 12.9. The summed E-state index contributed by atoms with van der Waals surface area (Å²) in [5.74, 6) is 1.58. The van der Waals surface area contributed by atoms with Gasteiger partial charge in [0.05, 0.1) is 12.2 Å². The lowest BCUT2D eigenvalue weighted by Gasteiger charge is -2.26. The molecule has 2 aliphatic rings. The normalized spacial score (nSPS) is 14.8. The van der Waals surface area contributed by atoms with E-state index in [1.165, 1.54) is 4.68 Å². The van der Waals surface area contributed by atoms with Crippen LogP contribution in [0.3, 0.4) is 0 Å². The number of aromatic nitrogens is 3. The summed E-state index contributed by atoms with van der Waals surface area (Å²) < 4.78 is 13.5. The van der Waals surface area contributed by atoms with Crippen LogP contribution in [0.4, 0.5) is 0 Å². The van der Waals surface area contributed by atoms with Gasteiger partial charge in [-0.2, -0.15) is 4.68 Å². The van der Waals surface area contributed by atoms with E-state index < -0.39 is 0 Å². The molecule has 0 unspecified atom stereocenters. The molecule has 0 aliphatic carbocycles. The molecular formula is C19H15ClN4O4. The van der Waals surface area contributed by atoms with Crippen molar-refractivity contribution < 1.29 is 14.3 Å². The van der Waals surface area contributed by atoms with Gasteiger partial charge in [0.1, 0.15) is 0 Å². The van der Waals surface area contributed by atoms with Crippen molar-refractivity contribution in [3.63, 3.8) is 0 Å². The first-order chi connectivity index (χ1) is 13.6. The van der Waals surface area contributed by atoms with E-state index in [1.807, 2.05) is 0 Å². The van der Waals surface area contributed by atoms with Crippen LogP contribution in [0.1, 0.15) is 16.2 Å². The van der Waals surface area contributed by atoms with E-state index in [0.29, 0.717) is 46.7 Å². The van der Waals surface area contributed by atoms with E-state index in [9.17, 15) is 9.59 Å². The highest BCUT2D eigenvalue weighted by Gasteiger charge is 2.27. The molecule has 0 N–H and O–H groups in total. The van der Waals surface area contributed by atoms with Crippen LogP contribution in [-0.2, 0) is 13.1 Å². The number of fused-ring (bicyclic) bond motifs is 2. The highest BCUT2D eigenvalue weighted by molar-refractivity contribution is 6.30. The Morgan fingerprint density at radius 1 is 1.07 bits per heavy atom. The Labute approximate surface area is 164 Å². The zero-order valence-electron chi connectivity index (χ0n) is 14.7. The van der Waals surface area contributed by atoms with Crippen LogP contribution in [-0.4, -0.2) is 38.5 Å². The number of amides is 1. The Hall–Kier alpha value is -3.26. The van der Waals surface area contributed by atoms with Crippen LogP contribution >= 0.6 is 11.6 Å². The van der Waals surface area contributed by atoms with Crippen molar-refractivity contribution in [3.8, 4) is 17.2 Å². The molecule has 142 valence electrons. The van der Waals surface area contributed by atoms with Crippen molar-refractivity contribution in [2.24, 2.45) is 0 Å². The molecule has 0 radical (unpaired) electrons. The number of nitrogens with zero attached hydrogens (tertiary/aromatic N) is 4. The Morgan fingerprint density at radius 3 is 2.79 bits per heavy atom. The maximum Gasteiger partial charge on any atom is 0.350 e. The molecule has 0 atom stereocenters. The predicted molar refractivity (Wildman–Crippen MR) is 100 cm³/mol. The highest BCUT2D eigenvalue weighted by Crippen LogP contribution is 2.33. The van der Waals surface area contributed by atoms with Crippen LogP contribution in [0, 0.1) is 0 Å². The average molecular weight is 399 g/mol. The van der Waals surface area contributed by atoms with Gasteiger partial charge in [0, 0.05) is 23.7 Å². The van der Waals surface area contributed by atoms with E-state index >= 15 is 0 Å². The minimum absolute atomic E-state index is 0.144. The molecule has 2 aromatic carbocycles. The van der Waals surface area contributed by atoms with E-state index in [1.54, 1.807) is 51.9 Å². The minimum Gasteiger partial charge on any atom is -0.454 e. The number of ether oxygens (including phenoxy) is 2. The molecule has 3 heterocycles. The molecule has 28 heavy (non-hydrogen) atoms. The number of hydrogen-bond donors (Lipinski definition) is 0. The van der Waals surface area contributed by atoms with Gasteiger partial charge in [-0.1, -0.05) is 17.7 Å². The number of halogens is 1. The molecule has 0 bridgehead atoms. The molecule has 1 aromatic heterocycles. The van der Waals surface area contributed by atoms with Gasteiger partial charge in [-0.15, -0.1) is 5.10 Å². The fourth-order valence-corrected chi connectivity index (χ4v) is 3.60. The van der Waals surface area contributed by atoms with Gasteiger partial charge >= 0.3 is 5.69 Å². The smallest absolute Gasteiger partial charge is 0.350 e. The second-order valence-electron chi connectivity index (χ2n) is 6.54. The monoisotopic (exact) mass is 398 g/mol. The zero-order valence-corrected chi connectivity index (χ0v) is 15.4. The van der Waals surface area contributed by atoms with Crippen molar-refractivity contribution in [1.29, 1.82) is 0 Å². The molecule has 9 heteroatoms. The summed E-state index contributed by atoms with van der Waals surface area (Å²) in [4.78, 5) is 27.3. The van der Waals surface area contributed by atoms with Gasteiger partial charge in [-0.05, 0) is 36.4 Å². The summed E-state index contributed by atoms with van der Waals surface area (Å²) in [6.07, 6.45) is 0. The summed E-state index contributed by atoms with van der Waals surface area (Å²) in [5, 5.41) is 4.94. The summed E-state index contributed by atoms with van der Waals surface area (Å²) in [5.41, 5.74) is 0.856. The van der Waals surface area contributed by atoms with E-state index in [4.69, 9.17) is 21.1 Å². The number of rotatable bonds is 2. The fraction of sp³-hybridized carbons (Fsp3) is 0.211. The van der Waals surface area contributed by atoms with E-state index in [-0.39, 0.29) is 24.9 Å². The third kappa shape index (κ3) is 2.73. The second kappa shape index (κ2) is 6.42. The van der Waals surface area contributed by atoms with Crippen LogP contribution in [0.5, 0.6) is 11.5 Å². The van der Waals surface area contributed by atoms with E-state index in [0.717, 1.165) is 0 Å². The first-order valence-electron chi connectivity index (χ1n) is 8.74. The first-order valence-corrected chi connectivity index (χ1v) is 9.11. The molecule has 2 aliphatic heterocycles. The van der Waals surface area contributed by atoms with Crippen LogP contribution in [0.2, 0.25) is 5.02 Å². The SMILES string of the molecule is O=C(c1ccc2c(c1)OCO2)N1CCn2c(nn(-c3cccc(Cl)c3)c2=O)C1. The number of hydrogen-bond acceptors (Lipinski definition) is 5. The van der Waals surface area contributed by atoms with Gasteiger partial charge in [0.2, 0.25) is 6.79 Å². The Morgan fingerprint density at radius 2 is 1.93 bits per heavy atom. The predicted octanol–water partition coefficient (Wildman–Crippen LogP) is 2.07. The summed E-state index contributed by atoms with van der Waals surface area (Å²) in [7, 11) is 0. The molecule has 8 nitrogen and oxygen atoms in total.